The predicted octanol–water partition coefficient (Wildman–Crippen LogP) is 4.45. The molecule has 0 atom stereocenters. The smallest absolute Gasteiger partial charge is 0.254 e. The number of nitrogens with one attached hydrogen (secondary N) is 1. The Kier molecular flexibility index (Phi) is 7.35. The Balaban J connectivity index is 1.71. The van der Waals surface area contributed by atoms with Crippen molar-refractivity contribution in [3.05, 3.63) is 94.3 Å². The van der Waals surface area contributed by atoms with Crippen molar-refractivity contribution < 1.29 is 19.0 Å². The lowest BCUT2D eigenvalue weighted by atomic mass is 10.0. The van der Waals surface area contributed by atoms with Gasteiger partial charge in [0.1, 0.15) is 12.3 Å². The Morgan fingerprint density at radius 1 is 0.829 bits per heavy atom. The van der Waals surface area contributed by atoms with Gasteiger partial charge in [0.25, 0.3) is 5.56 Å². The Labute approximate surface area is 203 Å². The molecule has 0 bridgehead atoms. The van der Waals surface area contributed by atoms with E-state index in [0.29, 0.717) is 41.1 Å². The van der Waals surface area contributed by atoms with E-state index in [1.54, 1.807) is 32.4 Å². The summed E-state index contributed by atoms with van der Waals surface area (Å²) >= 11 is 0. The van der Waals surface area contributed by atoms with Gasteiger partial charge in [-0.25, -0.2) is 0 Å². The van der Waals surface area contributed by atoms with Crippen molar-refractivity contribution in [2.24, 2.45) is 0 Å². The molecular weight excluding hydrogens is 444 g/mol. The van der Waals surface area contributed by atoms with Crippen LogP contribution in [0, 0.1) is 0 Å². The largest absolute Gasteiger partial charge is 0.497 e. The van der Waals surface area contributed by atoms with Gasteiger partial charge in [-0.3, -0.25) is 14.2 Å². The molecule has 0 radical (unpaired) electrons. The minimum Gasteiger partial charge on any atom is -0.497 e. The number of pyridine rings is 1. The van der Waals surface area contributed by atoms with Crippen molar-refractivity contribution in [1.29, 1.82) is 0 Å². The highest BCUT2D eigenvalue weighted by molar-refractivity contribution is 5.92. The maximum Gasteiger partial charge on any atom is 0.254 e. The molecule has 0 aliphatic carbocycles. The molecule has 0 saturated carbocycles. The van der Waals surface area contributed by atoms with Crippen LogP contribution in [0.2, 0.25) is 0 Å². The van der Waals surface area contributed by atoms with Crippen LogP contribution in [0.4, 0.5) is 5.69 Å². The number of carbonyl (C=O) groups is 1. The molecule has 0 spiro atoms. The van der Waals surface area contributed by atoms with Crippen LogP contribution in [0.5, 0.6) is 17.2 Å². The molecule has 0 aliphatic heterocycles. The summed E-state index contributed by atoms with van der Waals surface area (Å²) in [6.45, 7) is -0.129. The summed E-state index contributed by atoms with van der Waals surface area (Å²) < 4.78 is 17.6. The molecular formula is C28H28N2O5. The van der Waals surface area contributed by atoms with Gasteiger partial charge in [0.2, 0.25) is 5.91 Å². The summed E-state index contributed by atoms with van der Waals surface area (Å²) in [5.41, 5.74) is 2.77. The Bertz CT molecular complexity index is 1380. The van der Waals surface area contributed by atoms with Crippen LogP contribution in [0.15, 0.2) is 77.6 Å². The molecule has 1 heterocycles. The van der Waals surface area contributed by atoms with Gasteiger partial charge in [-0.1, -0.05) is 30.3 Å². The molecule has 0 saturated heterocycles. The van der Waals surface area contributed by atoms with E-state index in [-0.39, 0.29) is 18.0 Å². The van der Waals surface area contributed by atoms with Crippen LogP contribution >= 0.6 is 0 Å². The number of aromatic nitrogens is 1. The molecule has 7 heteroatoms. The van der Waals surface area contributed by atoms with Gasteiger partial charge in [-0.2, -0.15) is 0 Å². The minimum atomic E-state index is -0.290. The lowest BCUT2D eigenvalue weighted by molar-refractivity contribution is -0.116. The zero-order chi connectivity index (χ0) is 24.8. The number of carbonyl (C=O) groups excluding carboxylic acids is 1. The summed E-state index contributed by atoms with van der Waals surface area (Å²) in [6.07, 6.45) is 1.20. The van der Waals surface area contributed by atoms with E-state index in [2.05, 4.69) is 5.32 Å². The highest BCUT2D eigenvalue weighted by Gasteiger charge is 2.16. The van der Waals surface area contributed by atoms with E-state index < -0.39 is 0 Å². The summed E-state index contributed by atoms with van der Waals surface area (Å²) in [5, 5.41) is 3.65. The number of anilines is 1. The number of amides is 1. The number of rotatable bonds is 9. The van der Waals surface area contributed by atoms with E-state index in [1.165, 1.54) is 11.7 Å². The van der Waals surface area contributed by atoms with E-state index in [1.807, 2.05) is 54.6 Å². The molecule has 0 unspecified atom stereocenters. The normalized spacial score (nSPS) is 10.7. The predicted molar refractivity (Wildman–Crippen MR) is 137 cm³/mol. The van der Waals surface area contributed by atoms with Crippen molar-refractivity contribution in [1.82, 2.24) is 4.57 Å². The third-order valence-corrected chi connectivity index (χ3v) is 5.87. The first-order valence-electron chi connectivity index (χ1n) is 11.3. The van der Waals surface area contributed by atoms with Crippen LogP contribution in [-0.2, 0) is 24.2 Å². The number of para-hydroxylation sites is 1. The van der Waals surface area contributed by atoms with Gasteiger partial charge in [0.05, 0.1) is 26.8 Å². The van der Waals surface area contributed by atoms with Gasteiger partial charge >= 0.3 is 0 Å². The lowest BCUT2D eigenvalue weighted by Gasteiger charge is -2.16. The molecule has 1 amide bonds. The third-order valence-electron chi connectivity index (χ3n) is 5.87. The van der Waals surface area contributed by atoms with E-state index in [9.17, 15) is 9.59 Å². The van der Waals surface area contributed by atoms with Crippen molar-refractivity contribution in [2.45, 2.75) is 19.4 Å². The molecule has 0 aliphatic rings. The van der Waals surface area contributed by atoms with Crippen LogP contribution in [-0.4, -0.2) is 31.8 Å². The van der Waals surface area contributed by atoms with Crippen LogP contribution in [0.3, 0.4) is 0 Å². The molecule has 7 nitrogen and oxygen atoms in total. The zero-order valence-corrected chi connectivity index (χ0v) is 20.0. The van der Waals surface area contributed by atoms with Crippen LogP contribution < -0.4 is 25.1 Å². The molecule has 35 heavy (non-hydrogen) atoms. The van der Waals surface area contributed by atoms with Crippen LogP contribution in [0.25, 0.3) is 10.9 Å². The average Bonchev–Trinajstić information content (AvgIpc) is 2.89. The number of fused-ring (bicyclic) bond motifs is 1. The number of hydrogen-bond acceptors (Lipinski definition) is 5. The maximum atomic E-state index is 13.5. The third kappa shape index (κ3) is 5.46. The highest BCUT2D eigenvalue weighted by Crippen LogP contribution is 2.32. The number of ether oxygens (including phenoxy) is 3. The summed E-state index contributed by atoms with van der Waals surface area (Å²) in [5.74, 6) is 1.54. The summed E-state index contributed by atoms with van der Waals surface area (Å²) in [6, 6.07) is 22.4. The van der Waals surface area contributed by atoms with Gasteiger partial charge < -0.3 is 19.5 Å². The van der Waals surface area contributed by atoms with E-state index in [4.69, 9.17) is 14.2 Å². The molecule has 4 rings (SSSR count). The fraction of sp³-hybridized carbons (Fsp3) is 0.214. The molecule has 180 valence electrons. The van der Waals surface area contributed by atoms with Crippen molar-refractivity contribution in [3.8, 4) is 17.2 Å². The first kappa shape index (κ1) is 23.9. The SMILES string of the molecule is COc1ccc(CCc2cc3cc(OC)c(OC)cc3n(CC(=O)Nc3ccccc3)c2=O)cc1. The van der Waals surface area contributed by atoms with E-state index in [0.717, 1.165) is 16.7 Å². The van der Waals surface area contributed by atoms with Crippen LogP contribution in [0.1, 0.15) is 11.1 Å². The van der Waals surface area contributed by atoms with Gasteiger partial charge in [-0.15, -0.1) is 0 Å². The molecule has 3 aromatic carbocycles. The first-order chi connectivity index (χ1) is 17.0. The van der Waals surface area contributed by atoms with Gasteiger partial charge in [0, 0.05) is 22.7 Å². The summed E-state index contributed by atoms with van der Waals surface area (Å²) in [4.78, 5) is 26.4. The Hall–Kier alpha value is -4.26. The number of nitrogens with zero attached hydrogens (tertiary/aromatic N) is 1. The van der Waals surface area contributed by atoms with Gasteiger partial charge in [0.15, 0.2) is 11.5 Å². The molecule has 0 fully saturated rings. The van der Waals surface area contributed by atoms with Gasteiger partial charge in [-0.05, 0) is 54.8 Å². The number of aryl methyl sites for hydroxylation is 2. The summed E-state index contributed by atoms with van der Waals surface area (Å²) in [7, 11) is 4.73. The first-order valence-corrected chi connectivity index (χ1v) is 11.3. The quantitative estimate of drug-likeness (QED) is 0.389. The number of hydrogen-bond donors (Lipinski definition) is 1. The number of benzene rings is 3. The second kappa shape index (κ2) is 10.8. The Morgan fingerprint density at radius 2 is 1.51 bits per heavy atom. The molecule has 4 aromatic rings. The molecule has 1 aromatic heterocycles. The highest BCUT2D eigenvalue weighted by atomic mass is 16.5. The van der Waals surface area contributed by atoms with E-state index >= 15 is 0 Å². The van der Waals surface area contributed by atoms with Crippen molar-refractivity contribution >= 4 is 22.5 Å². The zero-order valence-electron chi connectivity index (χ0n) is 20.0. The minimum absolute atomic E-state index is 0.129. The monoisotopic (exact) mass is 472 g/mol. The standard InChI is InChI=1S/C28H28N2O5/c1-33-23-13-10-19(11-14-23)9-12-20-15-21-16-25(34-2)26(35-3)17-24(21)30(28(20)32)18-27(31)29-22-7-5-4-6-8-22/h4-8,10-11,13-17H,9,12,18H2,1-3H3,(H,29,31). The lowest BCUT2D eigenvalue weighted by Crippen LogP contribution is -2.30. The molecule has 1 N–H and O–H groups in total. The fourth-order valence-electron chi connectivity index (χ4n) is 4.04. The maximum absolute atomic E-state index is 13.5. The second-order valence-electron chi connectivity index (χ2n) is 8.09. The second-order valence-corrected chi connectivity index (χ2v) is 8.09. The Morgan fingerprint density at radius 3 is 2.17 bits per heavy atom. The average molecular weight is 473 g/mol. The van der Waals surface area contributed by atoms with Crippen molar-refractivity contribution in [2.75, 3.05) is 26.6 Å². The fourth-order valence-corrected chi connectivity index (χ4v) is 4.04. The number of methoxy groups -OCH3 is 3. The topological polar surface area (TPSA) is 78.8 Å². The van der Waals surface area contributed by atoms with Crippen molar-refractivity contribution in [3.63, 3.8) is 0 Å².